The van der Waals surface area contributed by atoms with Gasteiger partial charge in [0, 0.05) is 57.3 Å². The van der Waals surface area contributed by atoms with Crippen LogP contribution in [0.3, 0.4) is 0 Å². The number of aromatic nitrogens is 5. The topological polar surface area (TPSA) is 217 Å². The molecule has 8 atom stereocenters. The van der Waals surface area contributed by atoms with Gasteiger partial charge in [-0.3, -0.25) is 24.3 Å². The van der Waals surface area contributed by atoms with Gasteiger partial charge in [0.15, 0.2) is 5.82 Å². The van der Waals surface area contributed by atoms with Gasteiger partial charge in [0.05, 0.1) is 51.1 Å². The van der Waals surface area contributed by atoms with Gasteiger partial charge in [0.2, 0.25) is 17.7 Å². The van der Waals surface area contributed by atoms with Crippen LogP contribution in [0.5, 0.6) is 6.01 Å². The molecular formula is C53H63F7N12O5S. The van der Waals surface area contributed by atoms with Crippen molar-refractivity contribution in [2.45, 2.75) is 135 Å². The molecule has 25 heteroatoms. The molecular weight excluding hydrogens is 1050 g/mol. The molecule has 3 amide bonds. The van der Waals surface area contributed by atoms with E-state index >= 15 is 4.39 Å². The van der Waals surface area contributed by atoms with Crippen molar-refractivity contribution in [2.24, 2.45) is 11.3 Å². The number of carbonyl (C=O) groups excluding carboxylic acids is 3. The number of nitrogens with one attached hydrogen (secondary N) is 3. The lowest BCUT2D eigenvalue weighted by molar-refractivity contribution is -0.234. The van der Waals surface area contributed by atoms with Crippen LogP contribution in [-0.4, -0.2) is 139 Å². The number of piperazine rings is 1. The molecule has 4 saturated heterocycles. The van der Waals surface area contributed by atoms with Gasteiger partial charge in [-0.2, -0.15) is 36.3 Å². The summed E-state index contributed by atoms with van der Waals surface area (Å²) in [5.41, 5.74) is 5.84. The zero-order valence-corrected chi connectivity index (χ0v) is 44.8. The van der Waals surface area contributed by atoms with Gasteiger partial charge in [0.25, 0.3) is 0 Å². The molecule has 4 aliphatic rings. The van der Waals surface area contributed by atoms with E-state index in [-0.39, 0.29) is 80.0 Å². The SMILES string of the molecule is Cc1cc(N)nc(-c2ncc3c(N4CC5CCC(C4)N5)nc(OC[C@@H]4[C@H](C(F)(F)F)CN4CCCCC(=O)N[C@H](C(=O)N4C[C@H](O)C[C@H]4C(=O)N[C@@H](C)c4ccc(-c5scnc5C)cc4)C(C)(C)C)nc3c2F)c1C(F)(F)F. The van der Waals surface area contributed by atoms with Crippen LogP contribution in [-0.2, 0) is 20.6 Å². The third kappa shape index (κ3) is 12.0. The number of anilines is 2. The van der Waals surface area contributed by atoms with E-state index in [1.807, 2.05) is 43.0 Å². The van der Waals surface area contributed by atoms with Crippen molar-refractivity contribution in [1.29, 1.82) is 0 Å². The third-order valence-electron chi connectivity index (χ3n) is 15.2. The van der Waals surface area contributed by atoms with Gasteiger partial charge in [-0.25, -0.2) is 14.4 Å². The molecule has 9 rings (SSSR count). The highest BCUT2D eigenvalue weighted by Crippen LogP contribution is 2.43. The number of fused-ring (bicyclic) bond motifs is 3. The number of rotatable bonds is 16. The Balaban J connectivity index is 0.848. The number of aryl methyl sites for hydroxylation is 2. The summed E-state index contributed by atoms with van der Waals surface area (Å²) >= 11 is 1.53. The number of aliphatic hydroxyl groups is 1. The van der Waals surface area contributed by atoms with Crippen LogP contribution in [0.4, 0.5) is 42.4 Å². The minimum absolute atomic E-state index is 0.00112. The third-order valence-corrected chi connectivity index (χ3v) is 16.2. The van der Waals surface area contributed by atoms with E-state index in [1.165, 1.54) is 16.2 Å². The molecule has 2 bridgehead atoms. The first-order chi connectivity index (χ1) is 36.7. The Morgan fingerprint density at radius 2 is 1.64 bits per heavy atom. The van der Waals surface area contributed by atoms with E-state index in [0.29, 0.717) is 13.1 Å². The predicted molar refractivity (Wildman–Crippen MR) is 277 cm³/mol. The van der Waals surface area contributed by atoms with E-state index in [1.54, 1.807) is 31.2 Å². The number of nitrogens with two attached hydrogens (primary N) is 1. The molecule has 5 aromatic rings. The maximum absolute atomic E-state index is 16.8. The highest BCUT2D eigenvalue weighted by atomic mass is 32.1. The Morgan fingerprint density at radius 3 is 2.28 bits per heavy atom. The second-order valence-corrected chi connectivity index (χ2v) is 22.9. The van der Waals surface area contributed by atoms with E-state index in [4.69, 9.17) is 10.5 Å². The summed E-state index contributed by atoms with van der Waals surface area (Å²) in [6.07, 6.45) is -7.31. The number of ether oxygens (including phenoxy) is 1. The maximum atomic E-state index is 16.8. The van der Waals surface area contributed by atoms with Crippen molar-refractivity contribution < 1.29 is 55.0 Å². The number of nitrogens with zero attached hydrogens (tertiary/aromatic N) is 8. The lowest BCUT2D eigenvalue weighted by Gasteiger charge is -2.48. The van der Waals surface area contributed by atoms with Crippen molar-refractivity contribution in [3.8, 4) is 27.8 Å². The van der Waals surface area contributed by atoms with Crippen LogP contribution in [0.2, 0.25) is 0 Å². The summed E-state index contributed by atoms with van der Waals surface area (Å²) in [5.74, 6) is -4.75. The number of hydrogen-bond acceptors (Lipinski definition) is 15. The normalized spacial score (nSPS) is 22.6. The van der Waals surface area contributed by atoms with Gasteiger partial charge >= 0.3 is 18.4 Å². The number of amides is 3. The highest BCUT2D eigenvalue weighted by Gasteiger charge is 2.54. The largest absolute Gasteiger partial charge is 0.462 e. The summed E-state index contributed by atoms with van der Waals surface area (Å²) in [6.45, 7) is 10.1. The van der Waals surface area contributed by atoms with Crippen LogP contribution in [0.25, 0.3) is 32.7 Å². The fourth-order valence-electron chi connectivity index (χ4n) is 11.1. The number of aliphatic hydroxyl groups excluding tert-OH is 1. The number of halogens is 7. The summed E-state index contributed by atoms with van der Waals surface area (Å²) in [4.78, 5) is 68.4. The van der Waals surface area contributed by atoms with Gasteiger partial charge in [-0.15, -0.1) is 11.3 Å². The standard InChI is InChI=1S/C53H63F7N12O5S/c1-26-17-38(61)66-43(40(26)53(58,59)60)44-41(54)42-34(19-62-44)47(71-20-31-14-15-32(21-71)65-31)69-50(68-42)77-24-37-35(52(55,56)57)23-70(37)16-8-7-9-39(74)67-46(51(4,5)6)49(76)72-22-33(73)18-36(72)48(75)64-27(2)29-10-12-30(13-11-29)45-28(3)63-25-78-45/h10-13,17,19,25,27,31-33,35-37,46,65,73H,7-9,14-16,18,20-24H2,1-6H3,(H2,61,66)(H,64,75)(H,67,74)/t27-,31?,32?,33+,35+,36-,37+,46+/m0/s1. The van der Waals surface area contributed by atoms with Gasteiger partial charge < -0.3 is 41.3 Å². The lowest BCUT2D eigenvalue weighted by atomic mass is 9.85. The number of hydrogen-bond donors (Lipinski definition) is 5. The number of nitrogen functional groups attached to an aromatic ring is 1. The molecule has 8 heterocycles. The predicted octanol–water partition coefficient (Wildman–Crippen LogP) is 7.29. The van der Waals surface area contributed by atoms with E-state index < -0.39 is 113 Å². The molecule has 4 aromatic heterocycles. The molecule has 17 nitrogen and oxygen atoms in total. The highest BCUT2D eigenvalue weighted by molar-refractivity contribution is 7.13. The fraction of sp³-hybridized carbons (Fsp3) is 0.547. The molecule has 4 aliphatic heterocycles. The summed E-state index contributed by atoms with van der Waals surface area (Å²) < 4.78 is 109. The molecule has 4 fully saturated rings. The zero-order chi connectivity index (χ0) is 56.2. The molecule has 420 valence electrons. The number of carbonyl (C=O) groups is 3. The van der Waals surface area contributed by atoms with Crippen molar-refractivity contribution in [1.82, 2.24) is 50.7 Å². The number of pyridine rings is 2. The first-order valence-electron chi connectivity index (χ1n) is 26.0. The number of β-amino-alcohol motifs (C(OH)–C–C–N with tert-alkyl or cyclic N) is 1. The first-order valence-corrected chi connectivity index (χ1v) is 26.9. The smallest absolute Gasteiger partial charge is 0.418 e. The van der Waals surface area contributed by atoms with E-state index in [0.717, 1.165) is 53.7 Å². The number of likely N-dealkylation sites (tertiary alicyclic amines) is 2. The number of alkyl halides is 6. The molecule has 78 heavy (non-hydrogen) atoms. The Hall–Kier alpha value is -6.31. The van der Waals surface area contributed by atoms with Gasteiger partial charge in [0.1, 0.15) is 47.2 Å². The summed E-state index contributed by atoms with van der Waals surface area (Å²) in [7, 11) is 0. The second-order valence-electron chi connectivity index (χ2n) is 22.0. The molecule has 1 aromatic carbocycles. The average Bonchev–Trinajstić information content (AvgIpc) is 4.22. The van der Waals surface area contributed by atoms with E-state index in [9.17, 15) is 45.8 Å². The molecule has 0 saturated carbocycles. The number of benzene rings is 1. The van der Waals surface area contributed by atoms with Crippen LogP contribution < -0.4 is 31.3 Å². The fourth-order valence-corrected chi connectivity index (χ4v) is 11.9. The lowest BCUT2D eigenvalue weighted by Crippen LogP contribution is -2.63. The van der Waals surface area contributed by atoms with E-state index in [2.05, 4.69) is 40.9 Å². The van der Waals surface area contributed by atoms with Crippen molar-refractivity contribution in [3.05, 3.63) is 70.2 Å². The summed E-state index contributed by atoms with van der Waals surface area (Å²) in [6, 6.07) is 4.57. The molecule has 6 N–H and O–H groups in total. The van der Waals surface area contributed by atoms with Crippen LogP contribution in [0, 0.1) is 31.0 Å². The minimum atomic E-state index is -4.97. The van der Waals surface area contributed by atoms with Crippen LogP contribution >= 0.6 is 11.3 Å². The average molecular weight is 1110 g/mol. The monoisotopic (exact) mass is 1110 g/mol. The first kappa shape index (κ1) is 56.4. The van der Waals surface area contributed by atoms with Crippen molar-refractivity contribution >= 4 is 51.6 Å². The van der Waals surface area contributed by atoms with Crippen molar-refractivity contribution in [2.75, 3.05) is 50.0 Å². The van der Waals surface area contributed by atoms with Crippen LogP contribution in [0.15, 0.2) is 42.0 Å². The van der Waals surface area contributed by atoms with Crippen LogP contribution in [0.1, 0.15) is 94.6 Å². The quantitative estimate of drug-likeness (QED) is 0.0485. The molecule has 0 spiro atoms. The second kappa shape index (κ2) is 22.1. The number of unbranched alkanes of at least 4 members (excludes halogenated alkanes) is 1. The Bertz CT molecular complexity index is 3040. The van der Waals surface area contributed by atoms with Crippen molar-refractivity contribution in [3.63, 3.8) is 0 Å². The Labute approximate surface area is 449 Å². The Morgan fingerprint density at radius 1 is 0.936 bits per heavy atom. The summed E-state index contributed by atoms with van der Waals surface area (Å²) in [5, 5.41) is 20.1. The van der Waals surface area contributed by atoms with Gasteiger partial charge in [-0.05, 0) is 81.2 Å². The maximum Gasteiger partial charge on any atom is 0.418 e. The molecule has 0 aliphatic carbocycles. The zero-order valence-electron chi connectivity index (χ0n) is 43.9. The molecule has 2 unspecified atom stereocenters. The number of thiazole rings is 1. The molecule has 0 radical (unpaired) electrons. The van der Waals surface area contributed by atoms with Gasteiger partial charge in [-0.1, -0.05) is 45.0 Å². The minimum Gasteiger partial charge on any atom is -0.462 e. The Kier molecular flexibility index (Phi) is 16.0.